The summed E-state index contributed by atoms with van der Waals surface area (Å²) in [5.41, 5.74) is 9.07. The minimum atomic E-state index is -3.64. The Hall–Kier alpha value is -2.94. The van der Waals surface area contributed by atoms with Crippen LogP contribution in [0.4, 0.5) is 4.39 Å². The average molecular weight is 468 g/mol. The van der Waals surface area contributed by atoms with Crippen molar-refractivity contribution in [1.29, 1.82) is 0 Å². The van der Waals surface area contributed by atoms with Crippen LogP contribution in [0.3, 0.4) is 0 Å². The van der Waals surface area contributed by atoms with Crippen LogP contribution in [0.1, 0.15) is 49.1 Å². The first kappa shape index (κ1) is 21.9. The topological polar surface area (TPSA) is 111 Å². The quantitative estimate of drug-likeness (QED) is 0.631. The molecule has 0 saturated heterocycles. The summed E-state index contributed by atoms with van der Waals surface area (Å²) in [6.45, 7) is 5.23. The number of hydrogen-bond acceptors (Lipinski definition) is 7. The first-order valence-corrected chi connectivity index (χ1v) is 12.6. The van der Waals surface area contributed by atoms with Gasteiger partial charge in [-0.1, -0.05) is 12.1 Å². The Kier molecular flexibility index (Phi) is 4.83. The molecule has 2 N–H and O–H groups in total. The SMILES string of the molecule is Cc1cnc2c(Cc3ccc(F)c([C@]4(C)CS(=O)(=O)[C@@](C)(C5CC5)C(N)=N4)c3)ncnc2c1. The van der Waals surface area contributed by atoms with E-state index in [9.17, 15) is 8.42 Å². The fourth-order valence-corrected chi connectivity index (χ4v) is 7.21. The third kappa shape index (κ3) is 3.49. The van der Waals surface area contributed by atoms with Gasteiger partial charge in [0, 0.05) is 18.2 Å². The van der Waals surface area contributed by atoms with Crippen molar-refractivity contribution in [3.05, 3.63) is 65.0 Å². The van der Waals surface area contributed by atoms with E-state index < -0.39 is 25.9 Å². The Morgan fingerprint density at radius 2 is 1.91 bits per heavy atom. The van der Waals surface area contributed by atoms with E-state index in [1.807, 2.05) is 13.0 Å². The molecule has 2 aromatic heterocycles. The van der Waals surface area contributed by atoms with Crippen LogP contribution < -0.4 is 5.73 Å². The maximum absolute atomic E-state index is 15.0. The minimum Gasteiger partial charge on any atom is -0.386 e. The van der Waals surface area contributed by atoms with E-state index in [0.29, 0.717) is 17.6 Å². The molecule has 0 bridgehead atoms. The summed E-state index contributed by atoms with van der Waals surface area (Å²) in [5, 5.41) is 0. The molecule has 33 heavy (non-hydrogen) atoms. The lowest BCUT2D eigenvalue weighted by Crippen LogP contribution is -2.58. The van der Waals surface area contributed by atoms with Crippen molar-refractivity contribution in [3.63, 3.8) is 0 Å². The molecule has 0 spiro atoms. The third-order valence-corrected chi connectivity index (χ3v) is 9.80. The molecule has 3 aromatic rings. The molecule has 0 amide bonds. The third-order valence-electron chi connectivity index (χ3n) is 7.02. The molecule has 1 aromatic carbocycles. The minimum absolute atomic E-state index is 0.0193. The predicted molar refractivity (Wildman–Crippen MR) is 125 cm³/mol. The highest BCUT2D eigenvalue weighted by Gasteiger charge is 2.58. The van der Waals surface area contributed by atoms with Crippen molar-refractivity contribution in [2.75, 3.05) is 5.75 Å². The van der Waals surface area contributed by atoms with Crippen LogP contribution in [0.2, 0.25) is 0 Å². The van der Waals surface area contributed by atoms with Crippen LogP contribution in [0.25, 0.3) is 11.0 Å². The number of sulfone groups is 1. The number of fused-ring (bicyclic) bond motifs is 1. The molecular formula is C24H26FN5O2S. The summed E-state index contributed by atoms with van der Waals surface area (Å²) in [4.78, 5) is 17.7. The van der Waals surface area contributed by atoms with Crippen LogP contribution in [0.5, 0.6) is 0 Å². The number of benzene rings is 1. The molecule has 2 atom stereocenters. The molecular weight excluding hydrogens is 441 g/mol. The predicted octanol–water partition coefficient (Wildman–Crippen LogP) is 3.23. The van der Waals surface area contributed by atoms with E-state index in [-0.39, 0.29) is 23.1 Å². The Labute approximate surface area is 192 Å². The zero-order valence-electron chi connectivity index (χ0n) is 18.8. The van der Waals surface area contributed by atoms with Gasteiger partial charge in [-0.2, -0.15) is 0 Å². The van der Waals surface area contributed by atoms with Crippen molar-refractivity contribution in [1.82, 2.24) is 15.0 Å². The Balaban J connectivity index is 1.56. The lowest BCUT2D eigenvalue weighted by atomic mass is 9.90. The Bertz CT molecular complexity index is 1420. The van der Waals surface area contributed by atoms with E-state index in [1.54, 1.807) is 32.2 Å². The van der Waals surface area contributed by atoms with E-state index in [4.69, 9.17) is 5.73 Å². The molecule has 172 valence electrons. The van der Waals surface area contributed by atoms with E-state index >= 15 is 4.39 Å². The molecule has 1 saturated carbocycles. The van der Waals surface area contributed by atoms with Crippen molar-refractivity contribution in [3.8, 4) is 0 Å². The van der Waals surface area contributed by atoms with Crippen LogP contribution >= 0.6 is 0 Å². The van der Waals surface area contributed by atoms with Crippen molar-refractivity contribution < 1.29 is 12.8 Å². The molecule has 7 nitrogen and oxygen atoms in total. The van der Waals surface area contributed by atoms with Gasteiger partial charge >= 0.3 is 0 Å². The Morgan fingerprint density at radius 1 is 1.15 bits per heavy atom. The van der Waals surface area contributed by atoms with Crippen molar-refractivity contribution in [2.24, 2.45) is 16.6 Å². The van der Waals surface area contributed by atoms with Gasteiger partial charge in [-0.25, -0.2) is 22.8 Å². The number of pyridine rings is 1. The molecule has 0 radical (unpaired) electrons. The summed E-state index contributed by atoms with van der Waals surface area (Å²) in [5.74, 6) is -0.742. The summed E-state index contributed by atoms with van der Waals surface area (Å²) < 4.78 is 40.5. The highest BCUT2D eigenvalue weighted by atomic mass is 32.2. The van der Waals surface area contributed by atoms with Gasteiger partial charge < -0.3 is 5.73 Å². The van der Waals surface area contributed by atoms with E-state index in [1.165, 1.54) is 12.4 Å². The molecule has 9 heteroatoms. The van der Waals surface area contributed by atoms with Gasteiger partial charge in [0.15, 0.2) is 9.84 Å². The summed E-state index contributed by atoms with van der Waals surface area (Å²) >= 11 is 0. The number of rotatable bonds is 4. The van der Waals surface area contributed by atoms with Gasteiger partial charge in [0.2, 0.25) is 0 Å². The number of aryl methyl sites for hydroxylation is 1. The molecule has 5 rings (SSSR count). The smallest absolute Gasteiger partial charge is 0.165 e. The standard InChI is InChI=1S/C24H26FN5O2S/c1-14-8-19-21(27-11-14)20(29-13-28-19)10-15-4-7-18(25)17(9-15)23(2)12-33(31,32)24(3,16-5-6-16)22(26)30-23/h4,7-9,11,13,16H,5-6,10,12H2,1-3H3,(H2,26,30)/t23-,24-/m0/s1. The summed E-state index contributed by atoms with van der Waals surface area (Å²) in [6.07, 6.45) is 5.26. The van der Waals surface area contributed by atoms with E-state index in [0.717, 1.165) is 29.5 Å². The number of aromatic nitrogens is 3. The van der Waals surface area contributed by atoms with Gasteiger partial charge in [-0.05, 0) is 62.8 Å². The number of nitrogens with two attached hydrogens (primary N) is 1. The van der Waals surface area contributed by atoms with Gasteiger partial charge in [0.25, 0.3) is 0 Å². The van der Waals surface area contributed by atoms with Crippen molar-refractivity contribution in [2.45, 2.75) is 50.3 Å². The number of halogens is 1. The fraction of sp³-hybridized carbons (Fsp3) is 0.417. The van der Waals surface area contributed by atoms with Gasteiger partial charge in [0.05, 0.1) is 17.0 Å². The lowest BCUT2D eigenvalue weighted by molar-refractivity contribution is 0.463. The number of nitrogens with zero attached hydrogens (tertiary/aromatic N) is 4. The van der Waals surface area contributed by atoms with Crippen molar-refractivity contribution >= 4 is 26.7 Å². The first-order valence-electron chi connectivity index (χ1n) is 11.0. The summed E-state index contributed by atoms with van der Waals surface area (Å²) in [6, 6.07) is 6.63. The van der Waals surface area contributed by atoms with E-state index in [2.05, 4.69) is 19.9 Å². The largest absolute Gasteiger partial charge is 0.386 e. The van der Waals surface area contributed by atoms with Gasteiger partial charge in [-0.3, -0.25) is 9.98 Å². The average Bonchev–Trinajstić information content (AvgIpc) is 3.58. The molecule has 0 unspecified atom stereocenters. The lowest BCUT2D eigenvalue weighted by Gasteiger charge is -2.40. The normalized spacial score (nSPS) is 26.8. The molecule has 1 aliphatic carbocycles. The fourth-order valence-electron chi connectivity index (χ4n) is 4.84. The van der Waals surface area contributed by atoms with Gasteiger partial charge in [0.1, 0.15) is 33.8 Å². The van der Waals surface area contributed by atoms with Gasteiger partial charge in [-0.15, -0.1) is 0 Å². The van der Waals surface area contributed by atoms with Crippen LogP contribution in [-0.4, -0.2) is 39.7 Å². The highest BCUT2D eigenvalue weighted by Crippen LogP contribution is 2.49. The number of amidine groups is 1. The second-order valence-corrected chi connectivity index (χ2v) is 12.0. The van der Waals surface area contributed by atoms with Crippen LogP contribution in [0, 0.1) is 18.7 Å². The zero-order valence-corrected chi connectivity index (χ0v) is 19.7. The molecule has 3 heterocycles. The maximum atomic E-state index is 15.0. The maximum Gasteiger partial charge on any atom is 0.165 e. The highest BCUT2D eigenvalue weighted by molar-refractivity contribution is 7.93. The summed E-state index contributed by atoms with van der Waals surface area (Å²) in [7, 11) is -3.64. The Morgan fingerprint density at radius 3 is 2.61 bits per heavy atom. The molecule has 1 aliphatic heterocycles. The second kappa shape index (κ2) is 7.28. The first-order chi connectivity index (χ1) is 15.5. The monoisotopic (exact) mass is 467 g/mol. The van der Waals surface area contributed by atoms with Crippen LogP contribution in [-0.2, 0) is 21.8 Å². The van der Waals surface area contributed by atoms with Crippen LogP contribution in [0.15, 0.2) is 41.8 Å². The number of hydrogen-bond donors (Lipinski definition) is 1. The second-order valence-electron chi connectivity index (χ2n) is 9.60. The zero-order chi connectivity index (χ0) is 23.6. The molecule has 2 aliphatic rings. The molecule has 1 fully saturated rings. The number of aliphatic imine (C=N–C) groups is 1.